The number of rotatable bonds is 3. The highest BCUT2D eigenvalue weighted by atomic mass is 16.4. The fourth-order valence-electron chi connectivity index (χ4n) is 1.87. The van der Waals surface area contributed by atoms with Crippen LogP contribution in [0.15, 0.2) is 12.7 Å². The number of piperazine rings is 1. The number of hydrogen-bond acceptors (Lipinski definition) is 3. The topological polar surface area (TPSA) is 60.9 Å². The van der Waals surface area contributed by atoms with Crippen LogP contribution in [0.25, 0.3) is 0 Å². The van der Waals surface area contributed by atoms with E-state index < -0.39 is 12.0 Å². The summed E-state index contributed by atoms with van der Waals surface area (Å²) in [6.45, 7) is 8.96. The molecule has 1 atom stereocenters. The normalized spacial score (nSPS) is 22.2. The monoisotopic (exact) mass is 226 g/mol. The number of amides is 1. The van der Waals surface area contributed by atoms with Crippen molar-refractivity contribution in [3.63, 3.8) is 0 Å². The second kappa shape index (κ2) is 5.12. The largest absolute Gasteiger partial charge is 0.480 e. The standard InChI is InChI=1S/C11H18N2O3/c1-4-10(14)13-6-5-12(8(2)3)7-9(13)11(15)16/h4,8-9H,1,5-7H2,2-3H3,(H,15,16). The number of carboxylic acids is 1. The molecule has 1 rings (SSSR count). The van der Waals surface area contributed by atoms with E-state index in [0.29, 0.717) is 25.7 Å². The highest BCUT2D eigenvalue weighted by Gasteiger charge is 2.34. The van der Waals surface area contributed by atoms with Crippen molar-refractivity contribution < 1.29 is 14.7 Å². The van der Waals surface area contributed by atoms with Crippen molar-refractivity contribution in [1.82, 2.24) is 9.80 Å². The van der Waals surface area contributed by atoms with Gasteiger partial charge in [0.25, 0.3) is 0 Å². The molecule has 1 N–H and O–H groups in total. The summed E-state index contributed by atoms with van der Waals surface area (Å²) in [5, 5.41) is 9.10. The lowest BCUT2D eigenvalue weighted by Crippen LogP contribution is -2.59. The van der Waals surface area contributed by atoms with Gasteiger partial charge in [-0.2, -0.15) is 0 Å². The van der Waals surface area contributed by atoms with Crippen LogP contribution in [0.2, 0.25) is 0 Å². The maximum absolute atomic E-state index is 11.5. The Bertz CT molecular complexity index is 302. The van der Waals surface area contributed by atoms with Crippen LogP contribution in [0.3, 0.4) is 0 Å². The molecule has 0 aliphatic carbocycles. The van der Waals surface area contributed by atoms with Gasteiger partial charge in [-0.25, -0.2) is 4.79 Å². The molecule has 0 radical (unpaired) electrons. The van der Waals surface area contributed by atoms with E-state index in [2.05, 4.69) is 11.5 Å². The molecule has 1 fully saturated rings. The molecule has 0 aromatic heterocycles. The minimum absolute atomic E-state index is 0.294. The number of hydrogen-bond donors (Lipinski definition) is 1. The zero-order valence-electron chi connectivity index (χ0n) is 9.72. The van der Waals surface area contributed by atoms with Gasteiger partial charge in [0.05, 0.1) is 0 Å². The van der Waals surface area contributed by atoms with E-state index in [-0.39, 0.29) is 5.91 Å². The first-order chi connectivity index (χ1) is 7.47. The van der Waals surface area contributed by atoms with Crippen molar-refractivity contribution >= 4 is 11.9 Å². The molecule has 16 heavy (non-hydrogen) atoms. The van der Waals surface area contributed by atoms with Crippen LogP contribution in [0.5, 0.6) is 0 Å². The van der Waals surface area contributed by atoms with Gasteiger partial charge in [-0.3, -0.25) is 9.69 Å². The van der Waals surface area contributed by atoms with Gasteiger partial charge in [-0.1, -0.05) is 6.58 Å². The van der Waals surface area contributed by atoms with E-state index in [0.717, 1.165) is 0 Å². The summed E-state index contributed by atoms with van der Waals surface area (Å²) in [5.41, 5.74) is 0. The number of nitrogens with zero attached hydrogens (tertiary/aromatic N) is 2. The number of aliphatic carboxylic acids is 1. The van der Waals surface area contributed by atoms with E-state index >= 15 is 0 Å². The maximum Gasteiger partial charge on any atom is 0.327 e. The molecule has 5 nitrogen and oxygen atoms in total. The summed E-state index contributed by atoms with van der Waals surface area (Å²) < 4.78 is 0. The lowest BCUT2D eigenvalue weighted by atomic mass is 10.1. The third-order valence-corrected chi connectivity index (χ3v) is 2.88. The highest BCUT2D eigenvalue weighted by Crippen LogP contribution is 2.13. The van der Waals surface area contributed by atoms with Crippen molar-refractivity contribution in [2.24, 2.45) is 0 Å². The van der Waals surface area contributed by atoms with Crippen molar-refractivity contribution in [2.45, 2.75) is 25.9 Å². The van der Waals surface area contributed by atoms with Gasteiger partial charge in [-0.05, 0) is 19.9 Å². The van der Waals surface area contributed by atoms with Crippen molar-refractivity contribution in [1.29, 1.82) is 0 Å². The molecule has 1 amide bonds. The first-order valence-corrected chi connectivity index (χ1v) is 5.37. The molecule has 1 heterocycles. The number of carbonyl (C=O) groups excluding carboxylic acids is 1. The molecule has 1 unspecified atom stereocenters. The van der Waals surface area contributed by atoms with E-state index in [1.54, 1.807) is 0 Å². The number of carboxylic acid groups (broad SMARTS) is 1. The summed E-state index contributed by atoms with van der Waals surface area (Å²) in [5.74, 6) is -1.27. The van der Waals surface area contributed by atoms with E-state index in [4.69, 9.17) is 5.11 Å². The lowest BCUT2D eigenvalue weighted by molar-refractivity contribution is -0.152. The number of carbonyl (C=O) groups is 2. The Morgan fingerprint density at radius 2 is 2.06 bits per heavy atom. The molecule has 0 bridgehead atoms. The lowest BCUT2D eigenvalue weighted by Gasteiger charge is -2.40. The van der Waals surface area contributed by atoms with Crippen LogP contribution in [-0.2, 0) is 9.59 Å². The average molecular weight is 226 g/mol. The molecule has 1 aliphatic heterocycles. The fourth-order valence-corrected chi connectivity index (χ4v) is 1.87. The minimum atomic E-state index is -0.958. The van der Waals surface area contributed by atoms with Gasteiger partial charge in [0.2, 0.25) is 5.91 Å². The molecule has 0 spiro atoms. The maximum atomic E-state index is 11.5. The van der Waals surface area contributed by atoms with Crippen LogP contribution in [0.4, 0.5) is 0 Å². The van der Waals surface area contributed by atoms with Gasteiger partial charge >= 0.3 is 5.97 Å². The Morgan fingerprint density at radius 1 is 1.44 bits per heavy atom. The molecule has 1 saturated heterocycles. The Morgan fingerprint density at radius 3 is 2.50 bits per heavy atom. The molecule has 5 heteroatoms. The van der Waals surface area contributed by atoms with Gasteiger partial charge in [0.15, 0.2) is 0 Å². The van der Waals surface area contributed by atoms with Crippen LogP contribution in [0.1, 0.15) is 13.8 Å². The smallest absolute Gasteiger partial charge is 0.327 e. The predicted molar refractivity (Wildman–Crippen MR) is 60.0 cm³/mol. The average Bonchev–Trinajstić information content (AvgIpc) is 2.26. The first kappa shape index (κ1) is 12.7. The van der Waals surface area contributed by atoms with Gasteiger partial charge in [-0.15, -0.1) is 0 Å². The van der Waals surface area contributed by atoms with Crippen LogP contribution >= 0.6 is 0 Å². The summed E-state index contributed by atoms with van der Waals surface area (Å²) in [6.07, 6.45) is 1.17. The van der Waals surface area contributed by atoms with Gasteiger partial charge in [0, 0.05) is 25.7 Å². The van der Waals surface area contributed by atoms with E-state index in [1.165, 1.54) is 11.0 Å². The minimum Gasteiger partial charge on any atom is -0.480 e. The van der Waals surface area contributed by atoms with Crippen LogP contribution < -0.4 is 0 Å². The van der Waals surface area contributed by atoms with E-state index in [9.17, 15) is 9.59 Å². The molecular formula is C11H18N2O3. The molecule has 0 aromatic rings. The molecular weight excluding hydrogens is 208 g/mol. The Balaban J connectivity index is 2.79. The third-order valence-electron chi connectivity index (χ3n) is 2.88. The Labute approximate surface area is 95.3 Å². The zero-order valence-corrected chi connectivity index (χ0v) is 9.72. The Kier molecular flexibility index (Phi) is 4.06. The summed E-state index contributed by atoms with van der Waals surface area (Å²) >= 11 is 0. The summed E-state index contributed by atoms with van der Waals surface area (Å²) in [7, 11) is 0. The second-order valence-corrected chi connectivity index (χ2v) is 4.18. The molecule has 1 aliphatic rings. The molecule has 0 aromatic carbocycles. The summed E-state index contributed by atoms with van der Waals surface area (Å²) in [4.78, 5) is 26.0. The second-order valence-electron chi connectivity index (χ2n) is 4.18. The summed E-state index contributed by atoms with van der Waals surface area (Å²) in [6, 6.07) is -0.468. The zero-order chi connectivity index (χ0) is 12.3. The molecule has 0 saturated carbocycles. The quantitative estimate of drug-likeness (QED) is 0.697. The molecule has 90 valence electrons. The van der Waals surface area contributed by atoms with Crippen LogP contribution in [-0.4, -0.2) is 58.5 Å². The van der Waals surface area contributed by atoms with Crippen molar-refractivity contribution in [3.8, 4) is 0 Å². The predicted octanol–water partition coefficient (Wildman–Crippen LogP) is 0.178. The van der Waals surface area contributed by atoms with E-state index in [1.807, 2.05) is 13.8 Å². The van der Waals surface area contributed by atoms with Crippen LogP contribution in [0, 0.1) is 0 Å². The van der Waals surface area contributed by atoms with Gasteiger partial charge < -0.3 is 10.0 Å². The van der Waals surface area contributed by atoms with Gasteiger partial charge in [0.1, 0.15) is 6.04 Å². The fraction of sp³-hybridized carbons (Fsp3) is 0.636. The van der Waals surface area contributed by atoms with Crippen molar-refractivity contribution in [3.05, 3.63) is 12.7 Å². The third kappa shape index (κ3) is 2.61. The Hall–Kier alpha value is -1.36. The SMILES string of the molecule is C=CC(=O)N1CCN(C(C)C)CC1C(=O)O. The van der Waals surface area contributed by atoms with Crippen molar-refractivity contribution in [2.75, 3.05) is 19.6 Å². The first-order valence-electron chi connectivity index (χ1n) is 5.37. The highest BCUT2D eigenvalue weighted by molar-refractivity contribution is 5.91.